The van der Waals surface area contributed by atoms with Crippen LogP contribution in [-0.4, -0.2) is 34.1 Å². The second-order valence-corrected chi connectivity index (χ2v) is 12.6. The van der Waals surface area contributed by atoms with Crippen LogP contribution < -0.4 is 0 Å². The van der Waals surface area contributed by atoms with Crippen LogP contribution in [0.25, 0.3) is 5.57 Å². The van der Waals surface area contributed by atoms with E-state index in [2.05, 4.69) is 52.8 Å². The fourth-order valence-electron chi connectivity index (χ4n) is 9.13. The van der Waals surface area contributed by atoms with E-state index in [9.17, 15) is 15.3 Å². The molecule has 3 heteroatoms. The zero-order valence-corrected chi connectivity index (χ0v) is 20.8. The average molecular weight is 439 g/mol. The van der Waals surface area contributed by atoms with Gasteiger partial charge in [0.1, 0.15) is 0 Å². The first-order chi connectivity index (χ1) is 14.9. The Kier molecular flexibility index (Phi) is 4.90. The van der Waals surface area contributed by atoms with Gasteiger partial charge in [-0.15, -0.1) is 0 Å². The van der Waals surface area contributed by atoms with Gasteiger partial charge in [0, 0.05) is 17.3 Å². The van der Waals surface area contributed by atoms with Crippen molar-refractivity contribution >= 4 is 5.57 Å². The summed E-state index contributed by atoms with van der Waals surface area (Å²) in [6.45, 7) is 13.8. The fraction of sp³-hybridized carbons (Fsp3) is 0.724. The molecule has 176 valence electrons. The van der Waals surface area contributed by atoms with Crippen molar-refractivity contribution in [1.29, 1.82) is 0 Å². The van der Waals surface area contributed by atoms with E-state index in [-0.39, 0.29) is 28.8 Å². The highest BCUT2D eigenvalue weighted by Gasteiger charge is 2.69. The van der Waals surface area contributed by atoms with Gasteiger partial charge in [-0.1, -0.05) is 45.9 Å². The molecule has 0 spiro atoms. The standard InChI is InChI=1S/C29H42O3/c1-17-7-8-19-11-13-27(4)20(25(19)18(17)2)9-10-22-28(27,5)14-12-21-26(3,16-30)23(31)15-24(32)29(21,22)6/h7-9,21-24,30-32H,10-16H2,1-6H3/t21-,22-,23+,24+,26+,27+,28+,29-/m0/s1. The lowest BCUT2D eigenvalue weighted by atomic mass is 9.35. The molecule has 4 aliphatic carbocycles. The maximum atomic E-state index is 11.5. The summed E-state index contributed by atoms with van der Waals surface area (Å²) in [5, 5.41) is 32.7. The van der Waals surface area contributed by atoms with Crippen molar-refractivity contribution in [1.82, 2.24) is 0 Å². The number of hydrogen-bond acceptors (Lipinski definition) is 3. The van der Waals surface area contributed by atoms with Crippen molar-refractivity contribution < 1.29 is 15.3 Å². The van der Waals surface area contributed by atoms with Gasteiger partial charge in [-0.05, 0) is 96.4 Å². The Labute approximate surface area is 193 Å². The zero-order chi connectivity index (χ0) is 23.3. The number of aryl methyl sites for hydroxylation is 2. The molecular formula is C29H42O3. The third-order valence-electron chi connectivity index (χ3n) is 11.7. The van der Waals surface area contributed by atoms with Crippen LogP contribution in [0.3, 0.4) is 0 Å². The Hall–Kier alpha value is -1.16. The van der Waals surface area contributed by atoms with Crippen molar-refractivity contribution in [3.63, 3.8) is 0 Å². The highest BCUT2D eigenvalue weighted by molar-refractivity contribution is 5.79. The number of aliphatic hydroxyl groups excluding tert-OH is 3. The summed E-state index contributed by atoms with van der Waals surface area (Å²) in [7, 11) is 0. The molecule has 3 nitrogen and oxygen atoms in total. The Morgan fingerprint density at radius 2 is 1.69 bits per heavy atom. The van der Waals surface area contributed by atoms with Gasteiger partial charge in [-0.25, -0.2) is 0 Å². The lowest BCUT2D eigenvalue weighted by Gasteiger charge is -2.70. The quantitative estimate of drug-likeness (QED) is 0.564. The van der Waals surface area contributed by atoms with E-state index in [0.717, 1.165) is 32.1 Å². The second-order valence-electron chi connectivity index (χ2n) is 12.6. The van der Waals surface area contributed by atoms with E-state index in [1.807, 2.05) is 6.92 Å². The first-order valence-electron chi connectivity index (χ1n) is 12.7. The molecule has 8 atom stereocenters. The van der Waals surface area contributed by atoms with Crippen molar-refractivity contribution in [2.24, 2.45) is 33.5 Å². The first-order valence-corrected chi connectivity index (χ1v) is 12.7. The molecule has 4 aliphatic rings. The van der Waals surface area contributed by atoms with Crippen LogP contribution in [0.2, 0.25) is 0 Å². The molecule has 0 unspecified atom stereocenters. The van der Waals surface area contributed by atoms with E-state index < -0.39 is 17.6 Å². The topological polar surface area (TPSA) is 60.7 Å². The maximum Gasteiger partial charge on any atom is 0.0643 e. The summed E-state index contributed by atoms with van der Waals surface area (Å²) in [5.41, 5.74) is 6.61. The summed E-state index contributed by atoms with van der Waals surface area (Å²) in [6.07, 6.45) is 6.96. The van der Waals surface area contributed by atoms with Crippen LogP contribution >= 0.6 is 0 Å². The SMILES string of the molecule is Cc1ccc2c(c1C)C1=CC[C@@H]3[C@@]4(C)[C@H](O)C[C@@H](O)[C@](C)(CO)[C@@H]4CC[C@@]3(C)[C@]1(C)CC2. The van der Waals surface area contributed by atoms with Crippen LogP contribution in [0, 0.1) is 47.3 Å². The van der Waals surface area contributed by atoms with Gasteiger partial charge in [0.05, 0.1) is 18.8 Å². The van der Waals surface area contributed by atoms with Crippen molar-refractivity contribution in [2.45, 2.75) is 92.3 Å². The Morgan fingerprint density at radius 1 is 0.969 bits per heavy atom. The summed E-state index contributed by atoms with van der Waals surface area (Å²) >= 11 is 0. The van der Waals surface area contributed by atoms with E-state index in [4.69, 9.17) is 0 Å². The van der Waals surface area contributed by atoms with E-state index in [1.165, 1.54) is 27.8 Å². The third kappa shape index (κ3) is 2.49. The molecule has 0 heterocycles. The molecule has 2 fully saturated rings. The second kappa shape index (κ2) is 6.93. The molecule has 3 N–H and O–H groups in total. The van der Waals surface area contributed by atoms with Crippen LogP contribution in [0.4, 0.5) is 0 Å². The molecule has 0 aromatic heterocycles. The van der Waals surface area contributed by atoms with Gasteiger partial charge < -0.3 is 15.3 Å². The predicted molar refractivity (Wildman–Crippen MR) is 129 cm³/mol. The first kappa shape index (κ1) is 22.6. The molecule has 2 saturated carbocycles. The summed E-state index contributed by atoms with van der Waals surface area (Å²) in [4.78, 5) is 0. The molecular weight excluding hydrogens is 396 g/mol. The van der Waals surface area contributed by atoms with E-state index in [0.29, 0.717) is 12.3 Å². The third-order valence-corrected chi connectivity index (χ3v) is 11.7. The Bertz CT molecular complexity index is 981. The van der Waals surface area contributed by atoms with Gasteiger partial charge in [0.2, 0.25) is 0 Å². The molecule has 0 aliphatic heterocycles. The number of allylic oxidation sites excluding steroid dienone is 2. The summed E-state index contributed by atoms with van der Waals surface area (Å²) in [5.74, 6) is 0.456. The maximum absolute atomic E-state index is 11.5. The van der Waals surface area contributed by atoms with Crippen LogP contribution in [0.1, 0.15) is 82.1 Å². The van der Waals surface area contributed by atoms with Crippen LogP contribution in [-0.2, 0) is 6.42 Å². The minimum Gasteiger partial charge on any atom is -0.396 e. The number of aliphatic hydroxyl groups is 3. The fourth-order valence-corrected chi connectivity index (χ4v) is 9.13. The molecule has 1 aromatic rings. The minimum atomic E-state index is -0.651. The lowest BCUT2D eigenvalue weighted by Crippen LogP contribution is -2.68. The normalized spacial score (nSPS) is 47.6. The number of benzene rings is 1. The zero-order valence-electron chi connectivity index (χ0n) is 20.8. The predicted octanol–water partition coefficient (Wildman–Crippen LogP) is 5.21. The van der Waals surface area contributed by atoms with Crippen molar-refractivity contribution in [2.75, 3.05) is 6.61 Å². The van der Waals surface area contributed by atoms with Gasteiger partial charge in [-0.2, -0.15) is 0 Å². The molecule has 0 amide bonds. The number of fused-ring (bicyclic) bond motifs is 7. The molecule has 1 aromatic carbocycles. The minimum absolute atomic E-state index is 0.0191. The Morgan fingerprint density at radius 3 is 2.38 bits per heavy atom. The largest absolute Gasteiger partial charge is 0.396 e. The smallest absolute Gasteiger partial charge is 0.0643 e. The molecule has 0 radical (unpaired) electrons. The highest BCUT2D eigenvalue weighted by Crippen LogP contribution is 2.73. The van der Waals surface area contributed by atoms with Crippen LogP contribution in [0.15, 0.2) is 18.2 Å². The summed E-state index contributed by atoms with van der Waals surface area (Å²) in [6, 6.07) is 4.61. The molecule has 0 saturated heterocycles. The molecule has 5 rings (SSSR count). The number of hydrogen-bond donors (Lipinski definition) is 3. The van der Waals surface area contributed by atoms with Gasteiger partial charge in [0.15, 0.2) is 0 Å². The average Bonchev–Trinajstić information content (AvgIpc) is 2.75. The lowest BCUT2D eigenvalue weighted by molar-refractivity contribution is -0.247. The summed E-state index contributed by atoms with van der Waals surface area (Å²) < 4.78 is 0. The highest BCUT2D eigenvalue weighted by atomic mass is 16.3. The van der Waals surface area contributed by atoms with Crippen LogP contribution in [0.5, 0.6) is 0 Å². The number of rotatable bonds is 1. The molecule has 0 bridgehead atoms. The van der Waals surface area contributed by atoms with Crippen molar-refractivity contribution in [3.05, 3.63) is 40.5 Å². The van der Waals surface area contributed by atoms with Crippen molar-refractivity contribution in [3.8, 4) is 0 Å². The Balaban J connectivity index is 1.67. The van der Waals surface area contributed by atoms with E-state index in [1.54, 1.807) is 0 Å². The monoisotopic (exact) mass is 438 g/mol. The molecule has 32 heavy (non-hydrogen) atoms. The van der Waals surface area contributed by atoms with Gasteiger partial charge in [-0.3, -0.25) is 0 Å². The van der Waals surface area contributed by atoms with E-state index >= 15 is 0 Å². The van der Waals surface area contributed by atoms with Gasteiger partial charge in [0.25, 0.3) is 0 Å². The van der Waals surface area contributed by atoms with Gasteiger partial charge >= 0.3 is 0 Å².